The molecule has 2 aromatic rings. The van der Waals surface area contributed by atoms with Crippen LogP contribution >= 0.6 is 0 Å². The number of nitrogens with two attached hydrogens (primary N) is 1. The van der Waals surface area contributed by atoms with Gasteiger partial charge in [0, 0.05) is 24.8 Å². The quantitative estimate of drug-likeness (QED) is 0.598. The third-order valence-corrected chi connectivity index (χ3v) is 3.28. The number of aromatic nitrogens is 2. The highest BCUT2D eigenvalue weighted by atomic mass is 16.5. The molecule has 0 amide bonds. The van der Waals surface area contributed by atoms with Crippen molar-refractivity contribution in [1.82, 2.24) is 15.2 Å². The number of para-hydroxylation sites is 1. The standard InChI is InChI=1S/C15H22N4O/c1-3-20-15-7-5-4-6-13(15)14(18-16)9-8-12-10-17-19(2)11-12/h4-7,10-11,14,18H,3,8-9,16H2,1-2H3. The van der Waals surface area contributed by atoms with E-state index in [-0.39, 0.29) is 6.04 Å². The van der Waals surface area contributed by atoms with Crippen molar-refractivity contribution in [2.24, 2.45) is 12.9 Å². The lowest BCUT2D eigenvalue weighted by molar-refractivity contribution is 0.330. The number of nitrogens with one attached hydrogen (secondary N) is 1. The van der Waals surface area contributed by atoms with Gasteiger partial charge in [0.25, 0.3) is 0 Å². The predicted octanol–water partition coefficient (Wildman–Crippen LogP) is 1.96. The van der Waals surface area contributed by atoms with Crippen molar-refractivity contribution in [3.63, 3.8) is 0 Å². The number of ether oxygens (including phenoxy) is 1. The van der Waals surface area contributed by atoms with Crippen LogP contribution in [0, 0.1) is 0 Å². The highest BCUT2D eigenvalue weighted by Gasteiger charge is 2.14. The van der Waals surface area contributed by atoms with Gasteiger partial charge in [-0.25, -0.2) is 0 Å². The van der Waals surface area contributed by atoms with Gasteiger partial charge < -0.3 is 4.74 Å². The summed E-state index contributed by atoms with van der Waals surface area (Å²) < 4.78 is 7.48. The highest BCUT2D eigenvalue weighted by Crippen LogP contribution is 2.27. The zero-order valence-corrected chi connectivity index (χ0v) is 12.0. The van der Waals surface area contributed by atoms with Gasteiger partial charge in [-0.1, -0.05) is 18.2 Å². The van der Waals surface area contributed by atoms with Gasteiger partial charge in [-0.2, -0.15) is 5.10 Å². The molecule has 1 unspecified atom stereocenters. The van der Waals surface area contributed by atoms with E-state index < -0.39 is 0 Å². The van der Waals surface area contributed by atoms with Crippen molar-refractivity contribution in [2.75, 3.05) is 6.61 Å². The normalized spacial score (nSPS) is 12.3. The molecule has 20 heavy (non-hydrogen) atoms. The molecule has 1 atom stereocenters. The molecule has 0 aliphatic heterocycles. The smallest absolute Gasteiger partial charge is 0.124 e. The van der Waals surface area contributed by atoms with Crippen LogP contribution in [0.3, 0.4) is 0 Å². The van der Waals surface area contributed by atoms with Gasteiger partial charge in [-0.15, -0.1) is 0 Å². The van der Waals surface area contributed by atoms with Crippen LogP contribution in [0.1, 0.15) is 30.5 Å². The summed E-state index contributed by atoms with van der Waals surface area (Å²) in [5, 5.41) is 4.18. The predicted molar refractivity (Wildman–Crippen MR) is 79.2 cm³/mol. The molecule has 1 aromatic carbocycles. The average Bonchev–Trinajstić information content (AvgIpc) is 2.87. The van der Waals surface area contributed by atoms with E-state index in [1.807, 2.05) is 49.2 Å². The Kier molecular flexibility index (Phi) is 5.15. The molecule has 0 aliphatic carbocycles. The largest absolute Gasteiger partial charge is 0.494 e. The summed E-state index contributed by atoms with van der Waals surface area (Å²) in [7, 11) is 1.92. The summed E-state index contributed by atoms with van der Waals surface area (Å²) in [6, 6.07) is 8.08. The van der Waals surface area contributed by atoms with E-state index in [0.717, 1.165) is 24.2 Å². The Morgan fingerprint density at radius 2 is 2.20 bits per heavy atom. The Bertz CT molecular complexity index is 538. The molecule has 1 aromatic heterocycles. The van der Waals surface area contributed by atoms with Gasteiger partial charge in [-0.05, 0) is 31.4 Å². The zero-order valence-electron chi connectivity index (χ0n) is 12.0. The molecule has 1 heterocycles. The monoisotopic (exact) mass is 274 g/mol. The van der Waals surface area contributed by atoms with Gasteiger partial charge >= 0.3 is 0 Å². The Hall–Kier alpha value is -1.85. The third kappa shape index (κ3) is 3.59. The summed E-state index contributed by atoms with van der Waals surface area (Å²) in [6.07, 6.45) is 5.74. The Balaban J connectivity index is 2.07. The molecule has 5 heteroatoms. The number of hydrogen-bond donors (Lipinski definition) is 2. The van der Waals surface area contributed by atoms with Crippen LogP contribution in [0.15, 0.2) is 36.7 Å². The molecule has 108 valence electrons. The molecule has 0 bridgehead atoms. The molecule has 0 saturated heterocycles. The van der Waals surface area contributed by atoms with E-state index in [4.69, 9.17) is 10.6 Å². The molecule has 0 saturated carbocycles. The molecule has 0 radical (unpaired) electrons. The first kappa shape index (κ1) is 14.6. The van der Waals surface area contributed by atoms with Crippen molar-refractivity contribution < 1.29 is 4.74 Å². The van der Waals surface area contributed by atoms with E-state index in [1.54, 1.807) is 0 Å². The molecular weight excluding hydrogens is 252 g/mol. The van der Waals surface area contributed by atoms with Crippen LogP contribution in [0.25, 0.3) is 0 Å². The van der Waals surface area contributed by atoms with E-state index in [2.05, 4.69) is 16.6 Å². The van der Waals surface area contributed by atoms with Crippen molar-refractivity contribution >= 4 is 0 Å². The maximum absolute atomic E-state index is 5.71. The Labute approximate surface area is 119 Å². The summed E-state index contributed by atoms with van der Waals surface area (Å²) >= 11 is 0. The molecule has 3 N–H and O–H groups in total. The molecule has 5 nitrogen and oxygen atoms in total. The maximum Gasteiger partial charge on any atom is 0.124 e. The van der Waals surface area contributed by atoms with E-state index in [9.17, 15) is 0 Å². The third-order valence-electron chi connectivity index (χ3n) is 3.28. The second kappa shape index (κ2) is 7.07. The van der Waals surface area contributed by atoms with E-state index >= 15 is 0 Å². The van der Waals surface area contributed by atoms with Gasteiger partial charge in [0.15, 0.2) is 0 Å². The minimum Gasteiger partial charge on any atom is -0.494 e. The van der Waals surface area contributed by atoms with Crippen LogP contribution in [0.4, 0.5) is 0 Å². The van der Waals surface area contributed by atoms with Crippen LogP contribution in [0.2, 0.25) is 0 Å². The van der Waals surface area contributed by atoms with Gasteiger partial charge in [-0.3, -0.25) is 16.0 Å². The highest BCUT2D eigenvalue weighted by molar-refractivity contribution is 5.36. The topological polar surface area (TPSA) is 65.1 Å². The van der Waals surface area contributed by atoms with Crippen LogP contribution in [-0.2, 0) is 13.5 Å². The zero-order chi connectivity index (χ0) is 14.4. The maximum atomic E-state index is 5.71. The lowest BCUT2D eigenvalue weighted by Gasteiger charge is -2.19. The van der Waals surface area contributed by atoms with Crippen molar-refractivity contribution in [1.29, 1.82) is 0 Å². The average molecular weight is 274 g/mol. The Morgan fingerprint density at radius 3 is 2.85 bits per heavy atom. The van der Waals surface area contributed by atoms with Gasteiger partial charge in [0.1, 0.15) is 5.75 Å². The molecule has 2 rings (SSSR count). The van der Waals surface area contributed by atoms with Gasteiger partial charge in [0.2, 0.25) is 0 Å². The summed E-state index contributed by atoms with van der Waals surface area (Å²) in [6.45, 7) is 2.63. The first-order valence-corrected chi connectivity index (χ1v) is 6.90. The second-order valence-electron chi connectivity index (χ2n) is 4.75. The molecular formula is C15H22N4O. The number of hydrogen-bond acceptors (Lipinski definition) is 4. The molecule has 0 spiro atoms. The van der Waals surface area contributed by atoms with E-state index in [1.165, 1.54) is 5.56 Å². The van der Waals surface area contributed by atoms with E-state index in [0.29, 0.717) is 6.61 Å². The number of hydrazine groups is 1. The summed E-state index contributed by atoms with van der Waals surface area (Å²) in [5.74, 6) is 6.61. The number of aryl methyl sites for hydroxylation is 2. The fourth-order valence-electron chi connectivity index (χ4n) is 2.30. The number of rotatable bonds is 7. The summed E-state index contributed by atoms with van der Waals surface area (Å²) in [5.41, 5.74) is 5.19. The number of benzene rings is 1. The number of nitrogens with zero attached hydrogens (tertiary/aromatic N) is 2. The SMILES string of the molecule is CCOc1ccccc1C(CCc1cnn(C)c1)NN. The first-order valence-electron chi connectivity index (χ1n) is 6.90. The second-order valence-corrected chi connectivity index (χ2v) is 4.75. The fraction of sp³-hybridized carbons (Fsp3) is 0.400. The van der Waals surface area contributed by atoms with Crippen LogP contribution in [0.5, 0.6) is 5.75 Å². The van der Waals surface area contributed by atoms with Crippen LogP contribution < -0.4 is 16.0 Å². The summed E-state index contributed by atoms with van der Waals surface area (Å²) in [4.78, 5) is 0. The minimum atomic E-state index is 0.0676. The van der Waals surface area contributed by atoms with Crippen LogP contribution in [-0.4, -0.2) is 16.4 Å². The Morgan fingerprint density at radius 1 is 1.40 bits per heavy atom. The lowest BCUT2D eigenvalue weighted by Crippen LogP contribution is -2.28. The van der Waals surface area contributed by atoms with Gasteiger partial charge in [0.05, 0.1) is 12.8 Å². The van der Waals surface area contributed by atoms with Crippen molar-refractivity contribution in [2.45, 2.75) is 25.8 Å². The minimum absolute atomic E-state index is 0.0676. The first-order chi connectivity index (χ1) is 9.74. The molecule has 0 fully saturated rings. The fourth-order valence-corrected chi connectivity index (χ4v) is 2.30. The molecule has 0 aliphatic rings. The lowest BCUT2D eigenvalue weighted by atomic mass is 10.00. The van der Waals surface area contributed by atoms with Crippen molar-refractivity contribution in [3.05, 3.63) is 47.8 Å². The van der Waals surface area contributed by atoms with Crippen molar-refractivity contribution in [3.8, 4) is 5.75 Å².